The van der Waals surface area contributed by atoms with Gasteiger partial charge in [-0.15, -0.1) is 11.3 Å². The minimum absolute atomic E-state index is 0.00113. The summed E-state index contributed by atoms with van der Waals surface area (Å²) in [7, 11) is 0. The number of hydrogen-bond acceptors (Lipinski definition) is 8. The third-order valence-corrected chi connectivity index (χ3v) is 7.54. The van der Waals surface area contributed by atoms with E-state index in [2.05, 4.69) is 26.8 Å². The lowest BCUT2D eigenvalue weighted by Gasteiger charge is -2.14. The lowest BCUT2D eigenvalue weighted by molar-refractivity contribution is -0.112. The molecule has 0 bridgehead atoms. The summed E-state index contributed by atoms with van der Waals surface area (Å²) in [4.78, 5) is 37.7. The van der Waals surface area contributed by atoms with Gasteiger partial charge in [-0.2, -0.15) is 0 Å². The molecule has 0 spiro atoms. The van der Waals surface area contributed by atoms with Crippen LogP contribution in [0.15, 0.2) is 66.5 Å². The lowest BCUT2D eigenvalue weighted by atomic mass is 9.96. The first kappa shape index (κ1) is 27.7. The highest BCUT2D eigenvalue weighted by Gasteiger charge is 2.25. The molecule has 0 radical (unpaired) electrons. The van der Waals surface area contributed by atoms with Crippen LogP contribution in [0.5, 0.6) is 11.8 Å². The van der Waals surface area contributed by atoms with Crippen molar-refractivity contribution in [1.82, 2.24) is 15.0 Å². The first-order chi connectivity index (χ1) is 19.5. The smallest absolute Gasteiger partial charge is 0.322 e. The number of hydrogen-bond donors (Lipinski definition) is 3. The Labute approximate surface area is 242 Å². The van der Waals surface area contributed by atoms with Crippen molar-refractivity contribution in [3.05, 3.63) is 89.1 Å². The average molecular weight is 589 g/mol. The van der Waals surface area contributed by atoms with Gasteiger partial charge in [-0.1, -0.05) is 36.4 Å². The van der Waals surface area contributed by atoms with Crippen LogP contribution >= 0.6 is 22.9 Å². The molecule has 41 heavy (non-hydrogen) atoms. The number of amides is 2. The summed E-state index contributed by atoms with van der Waals surface area (Å²) >= 11 is 7.05. The maximum Gasteiger partial charge on any atom is 0.322 e. The van der Waals surface area contributed by atoms with E-state index in [9.17, 15) is 9.59 Å². The van der Waals surface area contributed by atoms with E-state index in [1.807, 2.05) is 13.0 Å². The van der Waals surface area contributed by atoms with Gasteiger partial charge in [0.2, 0.25) is 0 Å². The number of benzene rings is 2. The number of aryl methyl sites for hydroxylation is 2. The van der Waals surface area contributed by atoms with Crippen LogP contribution in [0.1, 0.15) is 21.6 Å². The highest BCUT2D eigenvalue weighted by molar-refractivity contribution is 7.23. The predicted octanol–water partition coefficient (Wildman–Crippen LogP) is 6.34. The molecule has 0 unspecified atom stereocenters. The van der Waals surface area contributed by atoms with Gasteiger partial charge in [0.05, 0.1) is 21.0 Å². The molecule has 0 aliphatic rings. The second kappa shape index (κ2) is 11.0. The molecular weight excluding hydrogens is 567 g/mol. The number of pyridine rings is 1. The first-order valence-corrected chi connectivity index (χ1v) is 13.3. The number of fused-ring (bicyclic) bond motifs is 1. The number of nitrogens with two attached hydrogens (primary N) is 2. The maximum atomic E-state index is 15.5. The van der Waals surface area contributed by atoms with Crippen LogP contribution in [0.4, 0.5) is 15.9 Å². The number of nitrogen functional groups attached to an aromatic ring is 1. The number of ether oxygens (including phenoxy) is 1. The predicted molar refractivity (Wildman–Crippen MR) is 159 cm³/mol. The SMILES string of the molecule is C=C(Cl)C(=O)Nc1cc(C)ccc1-c1sc2c(C(N)=O)cnc(N)c2c1-c1ccc(Oc2nccc(C)n2)c(F)c1. The van der Waals surface area contributed by atoms with Crippen LogP contribution in [0, 0.1) is 19.7 Å². The number of carbonyl (C=O) groups is 2. The van der Waals surface area contributed by atoms with Crippen molar-refractivity contribution in [3.8, 4) is 33.3 Å². The topological polar surface area (TPSA) is 146 Å². The molecule has 0 aliphatic carbocycles. The Morgan fingerprint density at radius 3 is 2.59 bits per heavy atom. The molecule has 206 valence electrons. The standard InChI is InChI=1S/C29H22ClFN6O3S/c1-13-4-6-17(20(10-13)37-28(39)15(3)30)24-22(23-25(41-24)18(27(33)38)12-35-26(23)32)16-5-7-21(19(31)11-16)40-29-34-9-8-14(2)36-29/h4-12H,3H2,1-2H3,(H2,32,35)(H2,33,38)(H,37,39). The Morgan fingerprint density at radius 2 is 1.90 bits per heavy atom. The summed E-state index contributed by atoms with van der Waals surface area (Å²) in [5.41, 5.74) is 15.6. The quantitative estimate of drug-likeness (QED) is 0.188. The van der Waals surface area contributed by atoms with Crippen LogP contribution in [0.25, 0.3) is 31.7 Å². The summed E-state index contributed by atoms with van der Waals surface area (Å²) in [6.07, 6.45) is 2.82. The fourth-order valence-electron chi connectivity index (χ4n) is 4.23. The third-order valence-electron chi connectivity index (χ3n) is 6.12. The van der Waals surface area contributed by atoms with Gasteiger partial charge >= 0.3 is 6.01 Å². The normalized spacial score (nSPS) is 10.9. The van der Waals surface area contributed by atoms with E-state index in [1.54, 1.807) is 31.2 Å². The van der Waals surface area contributed by atoms with Crippen molar-refractivity contribution in [1.29, 1.82) is 0 Å². The average Bonchev–Trinajstić information content (AvgIpc) is 3.31. The summed E-state index contributed by atoms with van der Waals surface area (Å²) in [6, 6.07) is 11.5. The van der Waals surface area contributed by atoms with E-state index >= 15 is 4.39 Å². The van der Waals surface area contributed by atoms with Gasteiger partial charge in [-0.25, -0.2) is 19.3 Å². The molecule has 0 fully saturated rings. The molecule has 0 aliphatic heterocycles. The fourth-order valence-corrected chi connectivity index (χ4v) is 5.66. The van der Waals surface area contributed by atoms with Gasteiger partial charge < -0.3 is 21.5 Å². The van der Waals surface area contributed by atoms with E-state index < -0.39 is 17.6 Å². The summed E-state index contributed by atoms with van der Waals surface area (Å²) in [5, 5.41) is 2.98. The van der Waals surface area contributed by atoms with Gasteiger partial charge in [0, 0.05) is 39.5 Å². The molecule has 2 aromatic carbocycles. The molecule has 9 nitrogen and oxygen atoms in total. The molecule has 3 heterocycles. The Bertz CT molecular complexity index is 1890. The molecule has 0 saturated heterocycles. The highest BCUT2D eigenvalue weighted by Crippen LogP contribution is 2.49. The molecule has 5 aromatic rings. The Balaban J connectivity index is 1.75. The number of anilines is 2. The zero-order chi connectivity index (χ0) is 29.4. The van der Waals surface area contributed by atoms with Crippen LogP contribution in [0.2, 0.25) is 0 Å². The van der Waals surface area contributed by atoms with E-state index in [4.69, 9.17) is 27.8 Å². The van der Waals surface area contributed by atoms with Crippen molar-refractivity contribution in [2.24, 2.45) is 5.73 Å². The van der Waals surface area contributed by atoms with Gasteiger partial charge in [-0.3, -0.25) is 9.59 Å². The van der Waals surface area contributed by atoms with E-state index in [0.717, 1.165) is 5.56 Å². The number of rotatable bonds is 7. The minimum Gasteiger partial charge on any atom is -0.421 e. The Morgan fingerprint density at radius 1 is 1.12 bits per heavy atom. The first-order valence-electron chi connectivity index (χ1n) is 12.1. The van der Waals surface area contributed by atoms with Crippen LogP contribution in [-0.2, 0) is 4.79 Å². The largest absolute Gasteiger partial charge is 0.421 e. The van der Waals surface area contributed by atoms with Crippen molar-refractivity contribution >= 4 is 56.3 Å². The van der Waals surface area contributed by atoms with Crippen molar-refractivity contribution in [3.63, 3.8) is 0 Å². The van der Waals surface area contributed by atoms with E-state index in [0.29, 0.717) is 43.0 Å². The Kier molecular flexibility index (Phi) is 7.40. The summed E-state index contributed by atoms with van der Waals surface area (Å²) in [5.74, 6) is -1.96. The van der Waals surface area contributed by atoms with Crippen LogP contribution in [0.3, 0.4) is 0 Å². The van der Waals surface area contributed by atoms with Crippen LogP contribution in [-0.4, -0.2) is 26.8 Å². The minimum atomic E-state index is -0.703. The van der Waals surface area contributed by atoms with Gasteiger partial charge in [0.15, 0.2) is 11.6 Å². The number of aromatic nitrogens is 3. The zero-order valence-corrected chi connectivity index (χ0v) is 23.4. The monoisotopic (exact) mass is 588 g/mol. The second-order valence-corrected chi connectivity index (χ2v) is 10.5. The van der Waals surface area contributed by atoms with Crippen LogP contribution < -0.4 is 21.5 Å². The number of carbonyl (C=O) groups excluding carboxylic acids is 2. The van der Waals surface area contributed by atoms with Crippen molar-refractivity contribution in [2.75, 3.05) is 11.1 Å². The van der Waals surface area contributed by atoms with Gasteiger partial charge in [0.1, 0.15) is 5.82 Å². The molecule has 2 amide bonds. The second-order valence-electron chi connectivity index (χ2n) is 9.07. The molecule has 3 aromatic heterocycles. The van der Waals surface area contributed by atoms with Crippen molar-refractivity contribution in [2.45, 2.75) is 13.8 Å². The molecule has 0 atom stereocenters. The molecule has 5 rings (SSSR count). The Hall–Kier alpha value is -4.87. The van der Waals surface area contributed by atoms with E-state index in [1.165, 1.54) is 35.9 Å². The zero-order valence-electron chi connectivity index (χ0n) is 21.8. The maximum absolute atomic E-state index is 15.5. The molecule has 0 saturated carbocycles. The third kappa shape index (κ3) is 5.45. The molecule has 5 N–H and O–H groups in total. The number of primary amides is 1. The number of halogens is 2. The van der Waals surface area contributed by atoms with Crippen molar-refractivity contribution < 1.29 is 18.7 Å². The molecule has 12 heteroatoms. The summed E-state index contributed by atoms with van der Waals surface area (Å²) < 4.78 is 21.5. The highest BCUT2D eigenvalue weighted by atomic mass is 35.5. The van der Waals surface area contributed by atoms with Gasteiger partial charge in [-0.05, 0) is 49.2 Å². The number of nitrogens with zero attached hydrogens (tertiary/aromatic N) is 3. The lowest BCUT2D eigenvalue weighted by Crippen LogP contribution is -2.11. The number of thiophene rings is 1. The van der Waals surface area contributed by atoms with Gasteiger partial charge in [0.25, 0.3) is 11.8 Å². The molecular formula is C29H22ClFN6O3S. The fraction of sp³-hybridized carbons (Fsp3) is 0.0690. The summed E-state index contributed by atoms with van der Waals surface area (Å²) in [6.45, 7) is 7.11. The number of nitrogens with one attached hydrogen (secondary N) is 1. The van der Waals surface area contributed by atoms with E-state index in [-0.39, 0.29) is 28.2 Å².